The smallest absolute Gasteiger partial charge is 0.337 e. The molecule has 1 aromatic rings. The van der Waals surface area contributed by atoms with Crippen molar-refractivity contribution in [3.8, 4) is 0 Å². The minimum absolute atomic E-state index is 0. The molecule has 0 atom stereocenters. The molecule has 0 aliphatic carbocycles. The van der Waals surface area contributed by atoms with Crippen LogP contribution >= 0.6 is 24.0 Å². The van der Waals surface area contributed by atoms with Gasteiger partial charge < -0.3 is 10.8 Å². The quantitative estimate of drug-likeness (QED) is 0.716. The molecule has 0 spiro atoms. The van der Waals surface area contributed by atoms with E-state index in [4.69, 9.17) is 22.4 Å². The Morgan fingerprint density at radius 3 is 2.54 bits per heavy atom. The van der Waals surface area contributed by atoms with Crippen molar-refractivity contribution in [2.75, 3.05) is 5.73 Å². The third-order valence-corrected chi connectivity index (χ3v) is 1.97. The lowest BCUT2D eigenvalue weighted by Gasteiger charge is -2.03. The van der Waals surface area contributed by atoms with Crippen LogP contribution in [0.1, 0.15) is 15.9 Å². The zero-order valence-corrected chi connectivity index (χ0v) is 8.45. The van der Waals surface area contributed by atoms with Gasteiger partial charge in [-0.25, -0.2) is 4.79 Å². The second-order valence-corrected chi connectivity index (χ2v) is 2.90. The van der Waals surface area contributed by atoms with Gasteiger partial charge >= 0.3 is 5.97 Å². The molecule has 5 heteroatoms. The number of halogens is 2. The van der Waals surface area contributed by atoms with E-state index in [1.54, 1.807) is 13.0 Å². The summed E-state index contributed by atoms with van der Waals surface area (Å²) in [6.45, 7) is 1.77. The molecular weight excluding hydrogens is 213 g/mol. The van der Waals surface area contributed by atoms with Gasteiger partial charge in [0.1, 0.15) is 0 Å². The fraction of sp³-hybridized carbons (Fsp3) is 0.125. The monoisotopic (exact) mass is 221 g/mol. The predicted octanol–water partition coefficient (Wildman–Crippen LogP) is 2.35. The van der Waals surface area contributed by atoms with E-state index in [0.717, 1.165) is 5.56 Å². The number of aromatic carboxylic acids is 1. The number of carbonyl (C=O) groups is 1. The van der Waals surface area contributed by atoms with Crippen molar-refractivity contribution < 1.29 is 9.90 Å². The Hall–Kier alpha value is -0.930. The van der Waals surface area contributed by atoms with Crippen molar-refractivity contribution in [3.63, 3.8) is 0 Å². The topological polar surface area (TPSA) is 63.3 Å². The second kappa shape index (κ2) is 4.35. The Morgan fingerprint density at radius 1 is 1.54 bits per heavy atom. The number of nitrogens with two attached hydrogens (primary N) is 1. The lowest BCUT2D eigenvalue weighted by atomic mass is 10.1. The molecule has 0 unspecified atom stereocenters. The maximum absolute atomic E-state index is 10.5. The zero-order valence-electron chi connectivity index (χ0n) is 6.87. The fourth-order valence-electron chi connectivity index (χ4n) is 0.889. The van der Waals surface area contributed by atoms with Crippen LogP contribution in [0.5, 0.6) is 0 Å². The number of carboxylic acid groups (broad SMARTS) is 1. The molecule has 13 heavy (non-hydrogen) atoms. The van der Waals surface area contributed by atoms with Gasteiger partial charge in [0.05, 0.1) is 5.56 Å². The Labute approximate surface area is 86.9 Å². The first-order chi connectivity index (χ1) is 5.52. The van der Waals surface area contributed by atoms with E-state index in [1.807, 2.05) is 0 Å². The number of nitrogen functional groups attached to an aromatic ring is 1. The van der Waals surface area contributed by atoms with E-state index in [9.17, 15) is 4.79 Å². The van der Waals surface area contributed by atoms with Gasteiger partial charge in [0, 0.05) is 10.7 Å². The van der Waals surface area contributed by atoms with Crippen molar-refractivity contribution >= 4 is 35.7 Å². The van der Waals surface area contributed by atoms with Crippen molar-refractivity contribution in [3.05, 3.63) is 28.3 Å². The maximum Gasteiger partial charge on any atom is 0.337 e. The maximum atomic E-state index is 10.5. The van der Waals surface area contributed by atoms with Crippen LogP contribution in [0.3, 0.4) is 0 Å². The van der Waals surface area contributed by atoms with Crippen LogP contribution < -0.4 is 5.73 Å². The highest BCUT2D eigenvalue weighted by atomic mass is 35.5. The van der Waals surface area contributed by atoms with Crippen LogP contribution in [-0.4, -0.2) is 11.1 Å². The van der Waals surface area contributed by atoms with Gasteiger partial charge in [-0.2, -0.15) is 0 Å². The molecule has 0 aliphatic heterocycles. The van der Waals surface area contributed by atoms with Crippen LogP contribution in [0.25, 0.3) is 0 Å². The molecule has 0 bridgehead atoms. The molecule has 0 heterocycles. The summed E-state index contributed by atoms with van der Waals surface area (Å²) in [4.78, 5) is 10.5. The number of benzene rings is 1. The Balaban J connectivity index is 0.00000144. The summed E-state index contributed by atoms with van der Waals surface area (Å²) in [6, 6.07) is 2.90. The third kappa shape index (κ3) is 2.50. The van der Waals surface area contributed by atoms with E-state index in [2.05, 4.69) is 0 Å². The minimum atomic E-state index is -1.06. The summed E-state index contributed by atoms with van der Waals surface area (Å²) in [6.07, 6.45) is 0. The zero-order chi connectivity index (χ0) is 9.30. The normalized spacial score (nSPS) is 9.08. The first-order valence-electron chi connectivity index (χ1n) is 3.31. The number of aryl methyl sites for hydroxylation is 1. The van der Waals surface area contributed by atoms with Crippen molar-refractivity contribution in [1.29, 1.82) is 0 Å². The summed E-state index contributed by atoms with van der Waals surface area (Å²) in [5.74, 6) is -1.06. The number of rotatable bonds is 1. The lowest BCUT2D eigenvalue weighted by molar-refractivity contribution is 0.0698. The molecule has 0 fully saturated rings. The number of carboxylic acids is 1. The summed E-state index contributed by atoms with van der Waals surface area (Å²) >= 11 is 5.71. The molecule has 72 valence electrons. The summed E-state index contributed by atoms with van der Waals surface area (Å²) < 4.78 is 0. The molecule has 0 aliphatic rings. The predicted molar refractivity (Wildman–Crippen MR) is 54.8 cm³/mol. The Bertz CT molecular complexity index is 339. The highest BCUT2D eigenvalue weighted by molar-refractivity contribution is 6.31. The summed E-state index contributed by atoms with van der Waals surface area (Å²) in [5, 5.41) is 9.06. The van der Waals surface area contributed by atoms with Gasteiger partial charge in [0.15, 0.2) is 0 Å². The third-order valence-electron chi connectivity index (χ3n) is 1.56. The van der Waals surface area contributed by atoms with Gasteiger partial charge in [0.25, 0.3) is 0 Å². The Morgan fingerprint density at radius 2 is 2.08 bits per heavy atom. The second-order valence-electron chi connectivity index (χ2n) is 2.49. The highest BCUT2D eigenvalue weighted by Gasteiger charge is 2.09. The minimum Gasteiger partial charge on any atom is -0.478 e. The van der Waals surface area contributed by atoms with E-state index < -0.39 is 5.97 Å². The molecule has 1 aromatic carbocycles. The van der Waals surface area contributed by atoms with E-state index >= 15 is 0 Å². The molecule has 3 nitrogen and oxygen atoms in total. The summed E-state index contributed by atoms with van der Waals surface area (Å²) in [5.41, 5.74) is 6.52. The summed E-state index contributed by atoms with van der Waals surface area (Å²) in [7, 11) is 0. The van der Waals surface area contributed by atoms with Gasteiger partial charge in [0.2, 0.25) is 0 Å². The van der Waals surface area contributed by atoms with Crippen LogP contribution in [-0.2, 0) is 0 Å². The molecule has 0 saturated carbocycles. The average molecular weight is 222 g/mol. The van der Waals surface area contributed by atoms with E-state index in [1.165, 1.54) is 6.07 Å². The number of hydrogen-bond donors (Lipinski definition) is 2. The molecule has 0 saturated heterocycles. The van der Waals surface area contributed by atoms with Crippen molar-refractivity contribution in [2.45, 2.75) is 6.92 Å². The standard InChI is InChI=1S/C8H8ClNO2.ClH/c1-4-2-7(10)5(8(11)12)3-6(4)9;/h2-3H,10H2,1H3,(H,11,12);1H. The van der Waals surface area contributed by atoms with Crippen LogP contribution in [0.4, 0.5) is 5.69 Å². The molecule has 0 radical (unpaired) electrons. The first-order valence-corrected chi connectivity index (χ1v) is 3.69. The van der Waals surface area contributed by atoms with Crippen molar-refractivity contribution in [2.24, 2.45) is 0 Å². The van der Waals surface area contributed by atoms with Gasteiger partial charge in [-0.05, 0) is 24.6 Å². The molecule has 0 amide bonds. The highest BCUT2D eigenvalue weighted by Crippen LogP contribution is 2.22. The average Bonchev–Trinajstić information content (AvgIpc) is 1.96. The van der Waals surface area contributed by atoms with Crippen molar-refractivity contribution in [1.82, 2.24) is 0 Å². The SMILES string of the molecule is Cc1cc(N)c(C(=O)O)cc1Cl.Cl. The molecular formula is C8H9Cl2NO2. The van der Waals surface area contributed by atoms with E-state index in [0.29, 0.717) is 5.02 Å². The molecule has 3 N–H and O–H groups in total. The number of anilines is 1. The molecule has 0 aromatic heterocycles. The van der Waals surface area contributed by atoms with Crippen LogP contribution in [0, 0.1) is 6.92 Å². The first kappa shape index (κ1) is 12.1. The van der Waals surface area contributed by atoms with Crippen LogP contribution in [0.15, 0.2) is 12.1 Å². The van der Waals surface area contributed by atoms with Gasteiger partial charge in [-0.3, -0.25) is 0 Å². The largest absolute Gasteiger partial charge is 0.478 e. The lowest BCUT2D eigenvalue weighted by Crippen LogP contribution is -2.02. The van der Waals surface area contributed by atoms with Gasteiger partial charge in [-0.1, -0.05) is 11.6 Å². The molecule has 1 rings (SSSR count). The van der Waals surface area contributed by atoms with E-state index in [-0.39, 0.29) is 23.7 Å². The fourth-order valence-corrected chi connectivity index (χ4v) is 1.05. The number of hydrogen-bond acceptors (Lipinski definition) is 2. The van der Waals surface area contributed by atoms with Crippen LogP contribution in [0.2, 0.25) is 5.02 Å². The Kier molecular flexibility index (Phi) is 4.04. The van der Waals surface area contributed by atoms with Gasteiger partial charge in [-0.15, -0.1) is 12.4 Å².